The summed E-state index contributed by atoms with van der Waals surface area (Å²) in [5, 5.41) is 0.371. The molecule has 0 aromatic heterocycles. The maximum atomic E-state index is 12.3. The lowest BCUT2D eigenvalue weighted by atomic mass is 10.1. The molecule has 0 aliphatic heterocycles. The highest BCUT2D eigenvalue weighted by atomic mass is 35.5. The van der Waals surface area contributed by atoms with Gasteiger partial charge in [0.05, 0.1) is 5.69 Å². The molecule has 0 saturated heterocycles. The molecule has 1 aromatic rings. The van der Waals surface area contributed by atoms with E-state index in [1.807, 2.05) is 0 Å². The molecule has 1 aliphatic carbocycles. The van der Waals surface area contributed by atoms with Crippen molar-refractivity contribution in [1.82, 2.24) is 4.72 Å². The first kappa shape index (κ1) is 14.6. The van der Waals surface area contributed by atoms with Gasteiger partial charge in [0.1, 0.15) is 4.90 Å². The van der Waals surface area contributed by atoms with E-state index in [4.69, 9.17) is 17.3 Å². The third-order valence-corrected chi connectivity index (χ3v) is 5.25. The van der Waals surface area contributed by atoms with Gasteiger partial charge in [0, 0.05) is 11.1 Å². The average Bonchev–Trinajstić information content (AvgIpc) is 2.60. The number of benzene rings is 1. The van der Waals surface area contributed by atoms with Crippen LogP contribution < -0.4 is 10.5 Å². The Hall–Kier alpha value is -0.780. The fourth-order valence-corrected chi connectivity index (χ4v) is 4.12. The molecule has 3 N–H and O–H groups in total. The Bertz CT molecular complexity index is 538. The van der Waals surface area contributed by atoms with Crippen LogP contribution in [0.2, 0.25) is 5.02 Å². The van der Waals surface area contributed by atoms with Gasteiger partial charge < -0.3 is 5.73 Å². The van der Waals surface area contributed by atoms with E-state index >= 15 is 0 Å². The monoisotopic (exact) mass is 302 g/mol. The molecule has 0 unspecified atom stereocenters. The molecule has 1 fully saturated rings. The van der Waals surface area contributed by atoms with Crippen LogP contribution in [0.1, 0.15) is 38.5 Å². The zero-order valence-electron chi connectivity index (χ0n) is 10.7. The minimum Gasteiger partial charge on any atom is -0.398 e. The second-order valence-corrected chi connectivity index (χ2v) is 7.11. The first-order chi connectivity index (χ1) is 8.99. The normalized spacial score (nSPS) is 18.2. The summed E-state index contributed by atoms with van der Waals surface area (Å²) in [5.74, 6) is 0. The van der Waals surface area contributed by atoms with E-state index in [-0.39, 0.29) is 16.6 Å². The molecule has 1 saturated carbocycles. The summed E-state index contributed by atoms with van der Waals surface area (Å²) in [4.78, 5) is 0.0734. The van der Waals surface area contributed by atoms with Crippen molar-refractivity contribution >= 4 is 27.3 Å². The van der Waals surface area contributed by atoms with Crippen LogP contribution in [-0.2, 0) is 10.0 Å². The Morgan fingerprint density at radius 1 is 1.16 bits per heavy atom. The van der Waals surface area contributed by atoms with Crippen LogP contribution in [0.25, 0.3) is 0 Å². The first-order valence-corrected chi connectivity index (χ1v) is 8.42. The van der Waals surface area contributed by atoms with Crippen molar-refractivity contribution in [3.8, 4) is 0 Å². The molecular weight excluding hydrogens is 284 g/mol. The number of halogens is 1. The van der Waals surface area contributed by atoms with Crippen LogP contribution in [0.4, 0.5) is 5.69 Å². The van der Waals surface area contributed by atoms with Gasteiger partial charge in [-0.1, -0.05) is 37.3 Å². The number of sulfonamides is 1. The lowest BCUT2D eigenvalue weighted by Crippen LogP contribution is -2.34. The van der Waals surface area contributed by atoms with Crippen molar-refractivity contribution in [3.63, 3.8) is 0 Å². The number of nitrogens with one attached hydrogen (secondary N) is 1. The molecule has 1 aromatic carbocycles. The Kier molecular flexibility index (Phi) is 4.71. The fourth-order valence-electron chi connectivity index (χ4n) is 2.42. The van der Waals surface area contributed by atoms with Gasteiger partial charge in [-0.2, -0.15) is 0 Å². The van der Waals surface area contributed by atoms with Crippen molar-refractivity contribution in [3.05, 3.63) is 23.2 Å². The summed E-state index contributed by atoms with van der Waals surface area (Å²) in [6.45, 7) is 0. The predicted molar refractivity (Wildman–Crippen MR) is 77.7 cm³/mol. The highest BCUT2D eigenvalue weighted by molar-refractivity contribution is 7.89. The highest BCUT2D eigenvalue weighted by Gasteiger charge is 2.23. The first-order valence-electron chi connectivity index (χ1n) is 6.56. The quantitative estimate of drug-likeness (QED) is 0.666. The number of nitrogens with two attached hydrogens (primary N) is 1. The van der Waals surface area contributed by atoms with E-state index in [2.05, 4.69) is 4.72 Å². The van der Waals surface area contributed by atoms with Crippen molar-refractivity contribution in [2.75, 3.05) is 5.73 Å². The molecule has 0 atom stereocenters. The van der Waals surface area contributed by atoms with Crippen LogP contribution in [0.5, 0.6) is 0 Å². The third-order valence-electron chi connectivity index (χ3n) is 3.44. The molecule has 4 nitrogen and oxygen atoms in total. The van der Waals surface area contributed by atoms with Crippen LogP contribution in [-0.4, -0.2) is 14.5 Å². The van der Waals surface area contributed by atoms with E-state index in [1.54, 1.807) is 6.07 Å². The zero-order chi connectivity index (χ0) is 13.9. The van der Waals surface area contributed by atoms with Crippen LogP contribution in [0, 0.1) is 0 Å². The van der Waals surface area contributed by atoms with Crippen molar-refractivity contribution < 1.29 is 8.42 Å². The third kappa shape index (κ3) is 3.84. The van der Waals surface area contributed by atoms with Gasteiger partial charge in [-0.05, 0) is 31.0 Å². The second-order valence-electron chi connectivity index (χ2n) is 4.99. The van der Waals surface area contributed by atoms with Crippen molar-refractivity contribution in [2.24, 2.45) is 0 Å². The van der Waals surface area contributed by atoms with Gasteiger partial charge in [-0.3, -0.25) is 0 Å². The van der Waals surface area contributed by atoms with E-state index in [9.17, 15) is 8.42 Å². The van der Waals surface area contributed by atoms with Gasteiger partial charge in [-0.15, -0.1) is 0 Å². The van der Waals surface area contributed by atoms with Crippen LogP contribution >= 0.6 is 11.6 Å². The van der Waals surface area contributed by atoms with Crippen LogP contribution in [0.15, 0.2) is 23.1 Å². The standard InChI is InChI=1S/C13H19ClN2O2S/c14-10-7-8-12(15)13(9-10)19(17,18)16-11-5-3-1-2-4-6-11/h7-9,11,16H,1-6,15H2. The number of hydrogen-bond donors (Lipinski definition) is 2. The topological polar surface area (TPSA) is 72.2 Å². The van der Waals surface area contributed by atoms with Gasteiger partial charge in [-0.25, -0.2) is 13.1 Å². The Morgan fingerprint density at radius 3 is 2.42 bits per heavy atom. The van der Waals surface area contributed by atoms with Crippen molar-refractivity contribution in [2.45, 2.75) is 49.5 Å². The molecule has 1 aliphatic rings. The summed E-state index contributed by atoms with van der Waals surface area (Å²) >= 11 is 5.84. The summed E-state index contributed by atoms with van der Waals surface area (Å²) in [7, 11) is -3.59. The molecule has 0 heterocycles. The fraction of sp³-hybridized carbons (Fsp3) is 0.538. The van der Waals surface area contributed by atoms with E-state index < -0.39 is 10.0 Å². The Balaban J connectivity index is 2.19. The lowest BCUT2D eigenvalue weighted by molar-refractivity contribution is 0.510. The molecule has 0 bridgehead atoms. The minimum atomic E-state index is -3.59. The predicted octanol–water partition coefficient (Wildman–Crippen LogP) is 2.92. The summed E-state index contributed by atoms with van der Waals surface area (Å²) < 4.78 is 27.4. The molecule has 19 heavy (non-hydrogen) atoms. The van der Waals surface area contributed by atoms with Gasteiger partial charge in [0.2, 0.25) is 10.0 Å². The number of rotatable bonds is 3. The molecule has 0 radical (unpaired) electrons. The van der Waals surface area contributed by atoms with E-state index in [1.165, 1.54) is 25.0 Å². The largest absolute Gasteiger partial charge is 0.398 e. The molecule has 0 spiro atoms. The molecule has 0 amide bonds. The summed E-state index contributed by atoms with van der Waals surface area (Å²) in [6.07, 6.45) is 6.27. The van der Waals surface area contributed by atoms with Crippen LogP contribution in [0.3, 0.4) is 0 Å². The maximum Gasteiger partial charge on any atom is 0.242 e. The number of anilines is 1. The molecule has 2 rings (SSSR count). The molecular formula is C13H19ClN2O2S. The van der Waals surface area contributed by atoms with Gasteiger partial charge >= 0.3 is 0 Å². The van der Waals surface area contributed by atoms with Crippen molar-refractivity contribution in [1.29, 1.82) is 0 Å². The zero-order valence-corrected chi connectivity index (χ0v) is 12.3. The minimum absolute atomic E-state index is 0.00545. The maximum absolute atomic E-state index is 12.3. The molecule has 106 valence electrons. The number of nitrogen functional groups attached to an aromatic ring is 1. The summed E-state index contributed by atoms with van der Waals surface area (Å²) in [5.41, 5.74) is 5.96. The Labute approximate surface area is 119 Å². The number of hydrogen-bond acceptors (Lipinski definition) is 3. The lowest BCUT2D eigenvalue weighted by Gasteiger charge is -2.17. The second kappa shape index (κ2) is 6.11. The Morgan fingerprint density at radius 2 is 1.79 bits per heavy atom. The van der Waals surface area contributed by atoms with E-state index in [0.717, 1.165) is 25.7 Å². The van der Waals surface area contributed by atoms with Gasteiger partial charge in [0.25, 0.3) is 0 Å². The van der Waals surface area contributed by atoms with Gasteiger partial charge in [0.15, 0.2) is 0 Å². The average molecular weight is 303 g/mol. The highest BCUT2D eigenvalue weighted by Crippen LogP contribution is 2.24. The summed E-state index contributed by atoms with van der Waals surface area (Å²) in [6, 6.07) is 4.51. The molecule has 6 heteroatoms. The smallest absolute Gasteiger partial charge is 0.242 e. The SMILES string of the molecule is Nc1ccc(Cl)cc1S(=O)(=O)NC1CCCCCC1. The van der Waals surface area contributed by atoms with E-state index in [0.29, 0.717) is 5.02 Å².